The van der Waals surface area contributed by atoms with Crippen LogP contribution in [0.2, 0.25) is 0 Å². The number of hydrogen-bond acceptors (Lipinski definition) is 7. The lowest BCUT2D eigenvalue weighted by Gasteiger charge is -2.26. The summed E-state index contributed by atoms with van der Waals surface area (Å²) in [5.74, 6) is -2.85. The Bertz CT molecular complexity index is 1440. The Morgan fingerprint density at radius 2 is 1.68 bits per heavy atom. The fraction of sp³-hybridized carbons (Fsp3) is 0.179. The predicted molar refractivity (Wildman–Crippen MR) is 136 cm³/mol. The quantitative estimate of drug-likeness (QED) is 0.125. The summed E-state index contributed by atoms with van der Waals surface area (Å²) < 4.78 is 5.21. The van der Waals surface area contributed by atoms with Gasteiger partial charge in [0.05, 0.1) is 28.2 Å². The van der Waals surface area contributed by atoms with Crippen LogP contribution in [-0.4, -0.2) is 33.8 Å². The third-order valence-electron chi connectivity index (χ3n) is 5.86. The number of Topliss-reactive ketones (excluding diaryl/α,β-unsaturated/α-hetero) is 1. The van der Waals surface area contributed by atoms with Crippen molar-refractivity contribution in [2.45, 2.75) is 32.9 Å². The number of nitro groups is 1. The first kappa shape index (κ1) is 25.3. The van der Waals surface area contributed by atoms with Crippen molar-refractivity contribution in [1.82, 2.24) is 0 Å². The monoisotopic (exact) mass is 500 g/mol. The van der Waals surface area contributed by atoms with E-state index in [0.717, 1.165) is 11.6 Å². The number of aliphatic hydroxyl groups is 1. The van der Waals surface area contributed by atoms with E-state index in [9.17, 15) is 29.6 Å². The molecule has 0 aliphatic carbocycles. The van der Waals surface area contributed by atoms with Gasteiger partial charge in [0.1, 0.15) is 5.76 Å². The van der Waals surface area contributed by atoms with Crippen LogP contribution in [0.1, 0.15) is 46.9 Å². The molecule has 0 bridgehead atoms. The molecular weight excluding hydrogens is 476 g/mol. The highest BCUT2D eigenvalue weighted by molar-refractivity contribution is 6.51. The fourth-order valence-corrected chi connectivity index (χ4v) is 4.22. The van der Waals surface area contributed by atoms with Gasteiger partial charge in [-0.25, -0.2) is 4.79 Å². The Labute approximate surface area is 212 Å². The van der Waals surface area contributed by atoms with Crippen LogP contribution in [0, 0.1) is 17.0 Å². The highest BCUT2D eigenvalue weighted by Gasteiger charge is 2.47. The number of carbonyl (C=O) groups excluding carboxylic acids is 3. The number of non-ortho nitro benzene ring substituents is 1. The summed E-state index contributed by atoms with van der Waals surface area (Å²) in [7, 11) is 0. The molecule has 9 heteroatoms. The van der Waals surface area contributed by atoms with Crippen molar-refractivity contribution in [3.05, 3.63) is 111 Å². The maximum absolute atomic E-state index is 13.3. The average Bonchev–Trinajstić information content (AvgIpc) is 3.13. The molecule has 188 valence electrons. The number of anilines is 1. The van der Waals surface area contributed by atoms with Crippen LogP contribution in [0.25, 0.3) is 5.76 Å². The number of aliphatic hydroxyl groups excluding tert-OH is 1. The van der Waals surface area contributed by atoms with Gasteiger partial charge in [-0.3, -0.25) is 24.6 Å². The number of ketones is 1. The summed E-state index contributed by atoms with van der Waals surface area (Å²) in [5.41, 5.74) is 1.61. The van der Waals surface area contributed by atoms with Crippen molar-refractivity contribution in [2.24, 2.45) is 0 Å². The Balaban J connectivity index is 1.86. The summed E-state index contributed by atoms with van der Waals surface area (Å²) in [6.45, 7) is 5.31. The molecule has 0 radical (unpaired) electrons. The van der Waals surface area contributed by atoms with Gasteiger partial charge in [-0.1, -0.05) is 42.0 Å². The molecule has 1 fully saturated rings. The Hall–Kier alpha value is -4.79. The van der Waals surface area contributed by atoms with Gasteiger partial charge in [0.2, 0.25) is 0 Å². The zero-order valence-corrected chi connectivity index (χ0v) is 20.4. The van der Waals surface area contributed by atoms with Crippen molar-refractivity contribution in [3.63, 3.8) is 0 Å². The lowest BCUT2D eigenvalue weighted by Crippen LogP contribution is -2.29. The largest absolute Gasteiger partial charge is 0.507 e. The number of rotatable bonds is 6. The number of benzene rings is 3. The van der Waals surface area contributed by atoms with E-state index >= 15 is 0 Å². The number of amides is 1. The Morgan fingerprint density at radius 1 is 1.00 bits per heavy atom. The molecule has 9 nitrogen and oxygen atoms in total. The van der Waals surface area contributed by atoms with Crippen LogP contribution in [0.15, 0.2) is 78.4 Å². The number of hydrogen-bond donors (Lipinski definition) is 1. The van der Waals surface area contributed by atoms with Crippen LogP contribution in [0.5, 0.6) is 0 Å². The van der Waals surface area contributed by atoms with Gasteiger partial charge in [0.15, 0.2) is 0 Å². The SMILES string of the molecule is Cc1cccc(C2/C(=C(/O)c3cccc([N+](=O)[O-])c3)C(=O)C(=O)N2c2ccc(C(=O)OC(C)C)cc2)c1. The highest BCUT2D eigenvalue weighted by atomic mass is 16.6. The molecule has 3 aromatic rings. The number of nitrogens with zero attached hydrogens (tertiary/aromatic N) is 2. The first-order chi connectivity index (χ1) is 17.6. The maximum atomic E-state index is 13.3. The Morgan fingerprint density at radius 3 is 2.30 bits per heavy atom. The molecule has 37 heavy (non-hydrogen) atoms. The third kappa shape index (κ3) is 4.97. The number of esters is 1. The van der Waals surface area contributed by atoms with Gasteiger partial charge >= 0.3 is 5.97 Å². The molecule has 3 aromatic carbocycles. The van der Waals surface area contributed by atoms with Gasteiger partial charge < -0.3 is 9.84 Å². The number of aryl methyl sites for hydroxylation is 1. The highest BCUT2D eigenvalue weighted by Crippen LogP contribution is 2.42. The second-order valence-electron chi connectivity index (χ2n) is 8.89. The second kappa shape index (κ2) is 10.1. The molecule has 1 aliphatic rings. The zero-order valence-electron chi connectivity index (χ0n) is 20.4. The number of carbonyl (C=O) groups is 3. The molecule has 1 aliphatic heterocycles. The molecule has 1 amide bonds. The molecule has 0 aromatic heterocycles. The van der Waals surface area contributed by atoms with E-state index in [0.29, 0.717) is 11.3 Å². The fourth-order valence-electron chi connectivity index (χ4n) is 4.22. The van der Waals surface area contributed by atoms with E-state index in [-0.39, 0.29) is 28.5 Å². The lowest BCUT2D eigenvalue weighted by atomic mass is 9.94. The first-order valence-electron chi connectivity index (χ1n) is 11.5. The minimum absolute atomic E-state index is 0.0385. The van der Waals surface area contributed by atoms with Crippen LogP contribution < -0.4 is 4.90 Å². The van der Waals surface area contributed by atoms with Crippen LogP contribution in [0.4, 0.5) is 11.4 Å². The molecule has 0 spiro atoms. The van der Waals surface area contributed by atoms with E-state index in [1.54, 1.807) is 32.0 Å². The summed E-state index contributed by atoms with van der Waals surface area (Å²) in [4.78, 5) is 50.7. The molecule has 4 rings (SSSR count). The van der Waals surface area contributed by atoms with Crippen molar-refractivity contribution < 1.29 is 29.2 Å². The minimum atomic E-state index is -1.01. The van der Waals surface area contributed by atoms with Crippen LogP contribution in [-0.2, 0) is 14.3 Å². The first-order valence-corrected chi connectivity index (χ1v) is 11.5. The van der Waals surface area contributed by atoms with Crippen molar-refractivity contribution in [3.8, 4) is 0 Å². The maximum Gasteiger partial charge on any atom is 0.338 e. The van der Waals surface area contributed by atoms with E-state index in [4.69, 9.17) is 4.74 Å². The van der Waals surface area contributed by atoms with Gasteiger partial charge in [-0.05, 0) is 50.6 Å². The van der Waals surface area contributed by atoms with Crippen LogP contribution >= 0.6 is 0 Å². The second-order valence-corrected chi connectivity index (χ2v) is 8.89. The lowest BCUT2D eigenvalue weighted by molar-refractivity contribution is -0.384. The van der Waals surface area contributed by atoms with Crippen molar-refractivity contribution >= 4 is 34.8 Å². The number of nitro benzene ring substituents is 1. The predicted octanol–water partition coefficient (Wildman–Crippen LogP) is 5.09. The topological polar surface area (TPSA) is 127 Å². The van der Waals surface area contributed by atoms with E-state index < -0.39 is 34.4 Å². The molecule has 1 saturated heterocycles. The normalized spacial score (nSPS) is 16.8. The molecule has 1 heterocycles. The Kier molecular flexibility index (Phi) is 6.88. The van der Waals surface area contributed by atoms with Crippen LogP contribution in [0.3, 0.4) is 0 Å². The van der Waals surface area contributed by atoms with Gasteiger partial charge in [0, 0.05) is 23.4 Å². The summed E-state index contributed by atoms with van der Waals surface area (Å²) in [6, 6.07) is 17.4. The van der Waals surface area contributed by atoms with Gasteiger partial charge in [-0.2, -0.15) is 0 Å². The standard InChI is InChI=1S/C28H24N2O7/c1-16(2)37-28(34)18-10-12-21(13-11-18)29-24(19-7-4-6-17(3)14-19)23(26(32)27(29)33)25(31)20-8-5-9-22(15-20)30(35)36/h4-16,24,31H,1-3H3/b25-23-. The third-order valence-corrected chi connectivity index (χ3v) is 5.86. The van der Waals surface area contributed by atoms with Gasteiger partial charge in [0.25, 0.3) is 17.4 Å². The smallest absolute Gasteiger partial charge is 0.338 e. The van der Waals surface area contributed by atoms with E-state index in [1.165, 1.54) is 47.4 Å². The van der Waals surface area contributed by atoms with Crippen molar-refractivity contribution in [1.29, 1.82) is 0 Å². The summed E-state index contributed by atoms with van der Waals surface area (Å²) in [6.07, 6.45) is -0.305. The number of ether oxygens (including phenoxy) is 1. The molecule has 1 unspecified atom stereocenters. The molecule has 0 saturated carbocycles. The zero-order chi connectivity index (χ0) is 26.9. The van der Waals surface area contributed by atoms with E-state index in [1.807, 2.05) is 13.0 Å². The van der Waals surface area contributed by atoms with E-state index in [2.05, 4.69) is 0 Å². The van der Waals surface area contributed by atoms with Gasteiger partial charge in [-0.15, -0.1) is 0 Å². The average molecular weight is 501 g/mol. The molecule has 1 N–H and O–H groups in total. The molecular formula is C28H24N2O7. The van der Waals surface area contributed by atoms with Crippen molar-refractivity contribution in [2.75, 3.05) is 4.90 Å². The molecule has 1 atom stereocenters. The summed E-state index contributed by atoms with van der Waals surface area (Å²) in [5, 5.41) is 22.4. The minimum Gasteiger partial charge on any atom is -0.507 e. The summed E-state index contributed by atoms with van der Waals surface area (Å²) >= 11 is 0.